The Bertz CT molecular complexity index is 580. The van der Waals surface area contributed by atoms with Gasteiger partial charge in [-0.3, -0.25) is 9.89 Å². The smallest absolute Gasteiger partial charge is 0.370 e. The van der Waals surface area contributed by atoms with Gasteiger partial charge in [-0.2, -0.15) is 13.2 Å². The van der Waals surface area contributed by atoms with Crippen molar-refractivity contribution in [2.24, 2.45) is 16.6 Å². The van der Waals surface area contributed by atoms with Crippen LogP contribution in [-0.2, 0) is 0 Å². The van der Waals surface area contributed by atoms with Gasteiger partial charge >= 0.3 is 6.18 Å². The molecular formula is C15H19F5N4. The number of benzene rings is 1. The molecule has 0 aliphatic carbocycles. The Kier molecular flexibility index (Phi) is 5.98. The molecule has 0 aromatic heterocycles. The molecule has 0 unspecified atom stereocenters. The zero-order valence-electron chi connectivity index (χ0n) is 12.9. The summed E-state index contributed by atoms with van der Waals surface area (Å²) in [6.07, 6.45) is -3.02. The highest BCUT2D eigenvalue weighted by molar-refractivity contribution is 5.92. The maximum absolute atomic E-state index is 13.5. The number of hydrogen-bond donors (Lipinski definition) is 2. The summed E-state index contributed by atoms with van der Waals surface area (Å²) in [5.41, 5.74) is 5.53. The molecule has 2 rings (SSSR count). The van der Waals surface area contributed by atoms with Crippen molar-refractivity contribution in [3.8, 4) is 0 Å². The first-order valence-corrected chi connectivity index (χ1v) is 7.54. The average Bonchev–Trinajstić information content (AvgIpc) is 2.49. The Morgan fingerprint density at radius 3 is 2.54 bits per heavy atom. The van der Waals surface area contributed by atoms with Crippen LogP contribution in [-0.4, -0.2) is 43.2 Å². The first kappa shape index (κ1) is 18.4. The molecular weight excluding hydrogens is 331 g/mol. The molecule has 0 spiro atoms. The summed E-state index contributed by atoms with van der Waals surface area (Å²) in [5.74, 6) is -1.21. The number of nitrogens with two attached hydrogens (primary N) is 1. The van der Waals surface area contributed by atoms with Gasteiger partial charge in [-0.25, -0.2) is 8.78 Å². The Balaban J connectivity index is 1.80. The summed E-state index contributed by atoms with van der Waals surface area (Å²) in [6, 6.07) is 2.93. The summed E-state index contributed by atoms with van der Waals surface area (Å²) in [7, 11) is 0. The number of hydrogen-bond acceptors (Lipinski definition) is 2. The van der Waals surface area contributed by atoms with E-state index in [-0.39, 0.29) is 17.6 Å². The standard InChI is InChI=1S/C15H19F5N4/c16-11-1-2-12(17)13(7-11)23-14(21)22-8-10-3-5-24(6-4-10)9-15(18,19)20/h1-2,7,10H,3-6,8-9H2,(H3,21,22,23). The van der Waals surface area contributed by atoms with Crippen LogP contribution in [0.2, 0.25) is 0 Å². The number of likely N-dealkylation sites (tertiary alicyclic amines) is 1. The number of alkyl halides is 3. The van der Waals surface area contributed by atoms with Crippen LogP contribution in [0.5, 0.6) is 0 Å². The number of piperidine rings is 1. The van der Waals surface area contributed by atoms with Crippen molar-refractivity contribution in [1.82, 2.24) is 4.90 Å². The van der Waals surface area contributed by atoms with Gasteiger partial charge in [0.2, 0.25) is 0 Å². The van der Waals surface area contributed by atoms with Gasteiger partial charge < -0.3 is 11.1 Å². The second-order valence-corrected chi connectivity index (χ2v) is 5.81. The normalized spacial score (nSPS) is 18.0. The summed E-state index contributed by atoms with van der Waals surface area (Å²) in [4.78, 5) is 5.43. The van der Waals surface area contributed by atoms with Gasteiger partial charge in [0.25, 0.3) is 0 Å². The quantitative estimate of drug-likeness (QED) is 0.499. The van der Waals surface area contributed by atoms with E-state index in [4.69, 9.17) is 5.73 Å². The molecule has 134 valence electrons. The van der Waals surface area contributed by atoms with E-state index in [2.05, 4.69) is 10.3 Å². The van der Waals surface area contributed by atoms with E-state index in [1.54, 1.807) is 0 Å². The Hall–Kier alpha value is -1.90. The first-order valence-electron chi connectivity index (χ1n) is 7.54. The number of nitrogens with zero attached hydrogens (tertiary/aromatic N) is 2. The highest BCUT2D eigenvalue weighted by atomic mass is 19.4. The molecule has 1 aromatic carbocycles. The molecule has 0 radical (unpaired) electrons. The van der Waals surface area contributed by atoms with Gasteiger partial charge in [-0.15, -0.1) is 0 Å². The molecule has 1 saturated heterocycles. The third-order valence-electron chi connectivity index (χ3n) is 3.82. The number of anilines is 1. The first-order chi connectivity index (χ1) is 11.2. The van der Waals surface area contributed by atoms with E-state index in [0.717, 1.165) is 18.2 Å². The van der Waals surface area contributed by atoms with Gasteiger partial charge in [0.05, 0.1) is 12.2 Å². The van der Waals surface area contributed by atoms with E-state index in [0.29, 0.717) is 32.5 Å². The zero-order chi connectivity index (χ0) is 17.7. The molecule has 1 aromatic rings. The monoisotopic (exact) mass is 350 g/mol. The highest BCUT2D eigenvalue weighted by Gasteiger charge is 2.32. The molecule has 9 heteroatoms. The van der Waals surface area contributed by atoms with Crippen LogP contribution in [0.1, 0.15) is 12.8 Å². The molecule has 3 N–H and O–H groups in total. The van der Waals surface area contributed by atoms with Crippen molar-refractivity contribution in [1.29, 1.82) is 0 Å². The summed E-state index contributed by atoms with van der Waals surface area (Å²) < 4.78 is 63.5. The van der Waals surface area contributed by atoms with Gasteiger partial charge in [0.15, 0.2) is 5.96 Å². The minimum Gasteiger partial charge on any atom is -0.370 e. The van der Waals surface area contributed by atoms with Gasteiger partial charge in [-0.1, -0.05) is 0 Å². The molecule has 1 fully saturated rings. The number of aliphatic imine (C=N–C) groups is 1. The predicted molar refractivity (Wildman–Crippen MR) is 81.7 cm³/mol. The fourth-order valence-electron chi connectivity index (χ4n) is 2.58. The summed E-state index contributed by atoms with van der Waals surface area (Å²) in [5, 5.41) is 2.48. The lowest BCUT2D eigenvalue weighted by molar-refractivity contribution is -0.148. The fourth-order valence-corrected chi connectivity index (χ4v) is 2.58. The number of halogens is 5. The molecule has 0 saturated carbocycles. The molecule has 1 aliphatic rings. The van der Waals surface area contributed by atoms with Crippen LogP contribution in [0.15, 0.2) is 23.2 Å². The number of rotatable bonds is 4. The molecule has 1 aliphatic heterocycles. The molecule has 4 nitrogen and oxygen atoms in total. The van der Waals surface area contributed by atoms with Gasteiger partial charge in [0.1, 0.15) is 11.6 Å². The van der Waals surface area contributed by atoms with Crippen molar-refractivity contribution in [2.75, 3.05) is 31.5 Å². The largest absolute Gasteiger partial charge is 0.401 e. The maximum Gasteiger partial charge on any atom is 0.401 e. The second-order valence-electron chi connectivity index (χ2n) is 5.81. The Labute approximate surface area is 136 Å². The predicted octanol–water partition coefficient (Wildman–Crippen LogP) is 2.97. The average molecular weight is 350 g/mol. The van der Waals surface area contributed by atoms with Crippen LogP contribution in [0.3, 0.4) is 0 Å². The molecule has 24 heavy (non-hydrogen) atoms. The highest BCUT2D eigenvalue weighted by Crippen LogP contribution is 2.22. The summed E-state index contributed by atoms with van der Waals surface area (Å²) >= 11 is 0. The van der Waals surface area contributed by atoms with E-state index >= 15 is 0 Å². The fraction of sp³-hybridized carbons (Fsp3) is 0.533. The van der Waals surface area contributed by atoms with Crippen molar-refractivity contribution in [3.05, 3.63) is 29.8 Å². The van der Waals surface area contributed by atoms with Crippen LogP contribution < -0.4 is 11.1 Å². The lowest BCUT2D eigenvalue weighted by Crippen LogP contribution is -2.40. The van der Waals surface area contributed by atoms with Crippen molar-refractivity contribution < 1.29 is 22.0 Å². The summed E-state index contributed by atoms with van der Waals surface area (Å²) in [6.45, 7) is 0.137. The molecule has 0 amide bonds. The zero-order valence-corrected chi connectivity index (χ0v) is 12.9. The Morgan fingerprint density at radius 2 is 1.92 bits per heavy atom. The lowest BCUT2D eigenvalue weighted by Gasteiger charge is -2.31. The van der Waals surface area contributed by atoms with Gasteiger partial charge in [0, 0.05) is 12.6 Å². The Morgan fingerprint density at radius 1 is 1.25 bits per heavy atom. The number of nitrogens with one attached hydrogen (secondary N) is 1. The maximum atomic E-state index is 13.5. The van der Waals surface area contributed by atoms with Crippen molar-refractivity contribution in [3.63, 3.8) is 0 Å². The third-order valence-corrected chi connectivity index (χ3v) is 3.82. The van der Waals surface area contributed by atoms with Crippen molar-refractivity contribution in [2.45, 2.75) is 19.0 Å². The SMILES string of the molecule is NC(=NCC1CCN(CC(F)(F)F)CC1)Nc1cc(F)ccc1F. The third kappa shape index (κ3) is 5.95. The minimum absolute atomic E-state index is 0.0581. The molecule has 0 atom stereocenters. The van der Waals surface area contributed by atoms with Crippen molar-refractivity contribution >= 4 is 11.6 Å². The van der Waals surface area contributed by atoms with E-state index in [1.807, 2.05) is 0 Å². The van der Waals surface area contributed by atoms with Crippen LogP contribution in [0.4, 0.5) is 27.6 Å². The topological polar surface area (TPSA) is 53.6 Å². The van der Waals surface area contributed by atoms with Crippen LogP contribution in [0, 0.1) is 17.6 Å². The van der Waals surface area contributed by atoms with E-state index in [9.17, 15) is 22.0 Å². The van der Waals surface area contributed by atoms with Crippen LogP contribution in [0.25, 0.3) is 0 Å². The van der Waals surface area contributed by atoms with Crippen LogP contribution >= 0.6 is 0 Å². The van der Waals surface area contributed by atoms with E-state index < -0.39 is 24.4 Å². The number of guanidine groups is 1. The molecule has 1 heterocycles. The van der Waals surface area contributed by atoms with Gasteiger partial charge in [-0.05, 0) is 44.0 Å². The lowest BCUT2D eigenvalue weighted by atomic mass is 9.97. The second kappa shape index (κ2) is 7.78. The molecule has 0 bridgehead atoms. The van der Waals surface area contributed by atoms with E-state index in [1.165, 1.54) is 4.90 Å². The minimum atomic E-state index is -4.19.